The Morgan fingerprint density at radius 1 is 1.25 bits per heavy atom. The maximum absolute atomic E-state index is 13.4. The maximum Gasteiger partial charge on any atom is 0.573 e. The Hall–Kier alpha value is -2.63. The SMILES string of the molecule is Cc1cc(C(=O)N(CCN2CCOCC2)c2nc3ccc(OC(F)(F)F)cc3s2)c(C)o1. The van der Waals surface area contributed by atoms with Gasteiger partial charge in [0.05, 0.1) is 29.0 Å². The predicted octanol–water partition coefficient (Wildman–Crippen LogP) is 4.38. The summed E-state index contributed by atoms with van der Waals surface area (Å²) in [4.78, 5) is 21.7. The average Bonchev–Trinajstić information content (AvgIpc) is 3.29. The molecule has 0 N–H and O–H groups in total. The van der Waals surface area contributed by atoms with Crippen LogP contribution in [0.1, 0.15) is 21.9 Å². The van der Waals surface area contributed by atoms with Crippen molar-refractivity contribution in [1.29, 1.82) is 0 Å². The van der Waals surface area contributed by atoms with E-state index in [0.717, 1.165) is 24.4 Å². The number of morpholine rings is 1. The van der Waals surface area contributed by atoms with Crippen LogP contribution in [0, 0.1) is 13.8 Å². The van der Waals surface area contributed by atoms with Crippen LogP contribution in [0.4, 0.5) is 18.3 Å². The molecule has 1 aliphatic rings. The molecule has 172 valence electrons. The maximum atomic E-state index is 13.4. The van der Waals surface area contributed by atoms with Gasteiger partial charge >= 0.3 is 6.36 Å². The fourth-order valence-corrected chi connectivity index (χ4v) is 4.56. The second-order valence-electron chi connectivity index (χ2n) is 7.41. The largest absolute Gasteiger partial charge is 0.573 e. The Morgan fingerprint density at radius 2 is 2.00 bits per heavy atom. The van der Waals surface area contributed by atoms with Crippen LogP contribution >= 0.6 is 11.3 Å². The first-order valence-electron chi connectivity index (χ1n) is 10.0. The zero-order chi connectivity index (χ0) is 22.9. The molecule has 0 spiro atoms. The normalized spacial score (nSPS) is 15.3. The van der Waals surface area contributed by atoms with Gasteiger partial charge in [-0.25, -0.2) is 4.98 Å². The summed E-state index contributed by atoms with van der Waals surface area (Å²) in [6.07, 6.45) is -4.78. The van der Waals surface area contributed by atoms with Crippen molar-refractivity contribution in [1.82, 2.24) is 9.88 Å². The summed E-state index contributed by atoms with van der Waals surface area (Å²) in [6.45, 7) is 7.28. The van der Waals surface area contributed by atoms with Gasteiger partial charge in [-0.15, -0.1) is 13.2 Å². The number of ether oxygens (including phenoxy) is 2. The van der Waals surface area contributed by atoms with E-state index in [1.807, 2.05) is 0 Å². The molecule has 0 unspecified atom stereocenters. The van der Waals surface area contributed by atoms with E-state index in [2.05, 4.69) is 14.6 Å². The smallest absolute Gasteiger partial charge is 0.466 e. The van der Waals surface area contributed by atoms with Crippen molar-refractivity contribution in [3.63, 3.8) is 0 Å². The number of aryl methyl sites for hydroxylation is 2. The lowest BCUT2D eigenvalue weighted by molar-refractivity contribution is -0.274. The lowest BCUT2D eigenvalue weighted by Crippen LogP contribution is -2.43. The molecule has 0 radical (unpaired) electrons. The summed E-state index contributed by atoms with van der Waals surface area (Å²) in [5.74, 6) is 0.536. The number of amides is 1. The van der Waals surface area contributed by atoms with Crippen LogP contribution in [0.25, 0.3) is 10.2 Å². The second-order valence-corrected chi connectivity index (χ2v) is 8.42. The Labute approximate surface area is 186 Å². The molecule has 4 rings (SSSR count). The Bertz CT molecular complexity index is 1110. The molecule has 7 nitrogen and oxygen atoms in total. The number of carbonyl (C=O) groups excluding carboxylic acids is 1. The third kappa shape index (κ3) is 5.22. The van der Waals surface area contributed by atoms with E-state index in [1.165, 1.54) is 18.2 Å². The lowest BCUT2D eigenvalue weighted by Gasteiger charge is -2.29. The van der Waals surface area contributed by atoms with Crippen LogP contribution in [0.15, 0.2) is 28.7 Å². The Kier molecular flexibility index (Phi) is 6.40. The number of hydrogen-bond donors (Lipinski definition) is 0. The van der Waals surface area contributed by atoms with Gasteiger partial charge in [-0.2, -0.15) is 0 Å². The Morgan fingerprint density at radius 3 is 2.66 bits per heavy atom. The van der Waals surface area contributed by atoms with Gasteiger partial charge in [0.25, 0.3) is 5.91 Å². The number of nitrogens with zero attached hydrogens (tertiary/aromatic N) is 3. The summed E-state index contributed by atoms with van der Waals surface area (Å²) in [5, 5.41) is 0.403. The third-order valence-electron chi connectivity index (χ3n) is 5.07. The molecule has 3 aromatic rings. The number of alkyl halides is 3. The number of benzene rings is 1. The van der Waals surface area contributed by atoms with Gasteiger partial charge in [0.15, 0.2) is 5.13 Å². The van der Waals surface area contributed by atoms with Gasteiger partial charge in [-0.1, -0.05) is 11.3 Å². The molecule has 0 bridgehead atoms. The number of furan rings is 1. The molecule has 0 atom stereocenters. The average molecular weight is 469 g/mol. The highest BCUT2D eigenvalue weighted by atomic mass is 32.1. The van der Waals surface area contributed by atoms with E-state index in [4.69, 9.17) is 9.15 Å². The molecule has 2 aromatic heterocycles. The number of hydrogen-bond acceptors (Lipinski definition) is 7. The number of halogens is 3. The van der Waals surface area contributed by atoms with Crippen molar-refractivity contribution in [2.45, 2.75) is 20.2 Å². The lowest BCUT2D eigenvalue weighted by atomic mass is 10.2. The molecule has 3 heterocycles. The molecule has 11 heteroatoms. The van der Waals surface area contributed by atoms with E-state index in [1.54, 1.807) is 24.8 Å². The molecule has 1 fully saturated rings. The summed E-state index contributed by atoms with van der Waals surface area (Å²) >= 11 is 1.14. The molecule has 1 saturated heterocycles. The fraction of sp³-hybridized carbons (Fsp3) is 0.429. The quantitative estimate of drug-likeness (QED) is 0.534. The second kappa shape index (κ2) is 9.08. The first-order valence-corrected chi connectivity index (χ1v) is 10.9. The highest BCUT2D eigenvalue weighted by Gasteiger charge is 2.31. The van der Waals surface area contributed by atoms with Crippen molar-refractivity contribution in [3.8, 4) is 5.75 Å². The van der Waals surface area contributed by atoms with Crippen LogP contribution < -0.4 is 9.64 Å². The summed E-state index contributed by atoms with van der Waals surface area (Å²) in [6, 6.07) is 5.63. The van der Waals surface area contributed by atoms with Crippen LogP contribution in [0.2, 0.25) is 0 Å². The monoisotopic (exact) mass is 469 g/mol. The highest BCUT2D eigenvalue weighted by Crippen LogP contribution is 2.34. The minimum atomic E-state index is -4.78. The van der Waals surface area contributed by atoms with Gasteiger partial charge < -0.3 is 13.9 Å². The Balaban J connectivity index is 1.64. The first-order chi connectivity index (χ1) is 15.2. The highest BCUT2D eigenvalue weighted by molar-refractivity contribution is 7.22. The number of thiazole rings is 1. The van der Waals surface area contributed by atoms with E-state index in [-0.39, 0.29) is 11.7 Å². The molecule has 1 aliphatic heterocycles. The van der Waals surface area contributed by atoms with Crippen molar-refractivity contribution < 1.29 is 31.9 Å². The number of aromatic nitrogens is 1. The number of fused-ring (bicyclic) bond motifs is 1. The predicted molar refractivity (Wildman–Crippen MR) is 113 cm³/mol. The van der Waals surface area contributed by atoms with Gasteiger partial charge in [-0.3, -0.25) is 14.6 Å². The van der Waals surface area contributed by atoms with Crippen molar-refractivity contribution in [2.75, 3.05) is 44.3 Å². The van der Waals surface area contributed by atoms with Crippen LogP contribution in [0.3, 0.4) is 0 Å². The molecular formula is C21H22F3N3O4S. The molecule has 0 aliphatic carbocycles. The van der Waals surface area contributed by atoms with E-state index < -0.39 is 6.36 Å². The topological polar surface area (TPSA) is 68.0 Å². The summed E-state index contributed by atoms with van der Waals surface area (Å²) in [5.41, 5.74) is 0.925. The molecule has 0 saturated carbocycles. The summed E-state index contributed by atoms with van der Waals surface area (Å²) < 4.78 is 53.1. The number of carbonyl (C=O) groups is 1. The zero-order valence-corrected chi connectivity index (χ0v) is 18.4. The van der Waals surface area contributed by atoms with Gasteiger partial charge in [-0.05, 0) is 32.0 Å². The fourth-order valence-electron chi connectivity index (χ4n) is 3.54. The molecule has 1 aromatic carbocycles. The number of anilines is 1. The standard InChI is InChI=1S/C21H22F3N3O4S/c1-13-11-16(14(2)30-13)19(28)27(6-5-26-7-9-29-10-8-26)20-25-17-4-3-15(12-18(17)32-20)31-21(22,23)24/h3-4,11-12H,5-10H2,1-2H3. The van der Waals surface area contributed by atoms with Crippen LogP contribution in [0.5, 0.6) is 5.75 Å². The van der Waals surface area contributed by atoms with Crippen LogP contribution in [-0.4, -0.2) is 61.5 Å². The minimum Gasteiger partial charge on any atom is -0.466 e. The summed E-state index contributed by atoms with van der Waals surface area (Å²) in [7, 11) is 0. The molecule has 32 heavy (non-hydrogen) atoms. The van der Waals surface area contributed by atoms with Gasteiger partial charge in [0.1, 0.15) is 17.3 Å². The molecular weight excluding hydrogens is 447 g/mol. The number of rotatable bonds is 6. The molecule has 1 amide bonds. The van der Waals surface area contributed by atoms with E-state index in [9.17, 15) is 18.0 Å². The van der Waals surface area contributed by atoms with E-state index >= 15 is 0 Å². The van der Waals surface area contributed by atoms with Crippen LogP contribution in [-0.2, 0) is 4.74 Å². The van der Waals surface area contributed by atoms with Gasteiger partial charge in [0.2, 0.25) is 0 Å². The van der Waals surface area contributed by atoms with Crippen molar-refractivity contribution in [3.05, 3.63) is 41.3 Å². The third-order valence-corrected chi connectivity index (χ3v) is 6.11. The van der Waals surface area contributed by atoms with E-state index in [0.29, 0.717) is 58.7 Å². The van der Waals surface area contributed by atoms with Crippen molar-refractivity contribution in [2.24, 2.45) is 0 Å². The first kappa shape index (κ1) is 22.6. The van der Waals surface area contributed by atoms with Crippen molar-refractivity contribution >= 4 is 32.6 Å². The zero-order valence-electron chi connectivity index (χ0n) is 17.6. The van der Waals surface area contributed by atoms with Gasteiger partial charge in [0, 0.05) is 32.2 Å². The minimum absolute atomic E-state index is 0.265.